The zero-order valence-electron chi connectivity index (χ0n) is 13.1. The number of amides is 1. The van der Waals surface area contributed by atoms with Crippen LogP contribution in [0, 0.1) is 0 Å². The molecule has 0 fully saturated rings. The Labute approximate surface area is 131 Å². The van der Waals surface area contributed by atoms with Crippen LogP contribution < -0.4 is 10.1 Å². The number of anilines is 1. The molecule has 0 radical (unpaired) electrons. The first-order chi connectivity index (χ1) is 10.7. The van der Waals surface area contributed by atoms with E-state index in [0.717, 1.165) is 24.4 Å². The summed E-state index contributed by atoms with van der Waals surface area (Å²) >= 11 is 0. The Hall–Kier alpha value is -2.49. The van der Waals surface area contributed by atoms with Crippen molar-refractivity contribution < 1.29 is 9.53 Å². The molecule has 1 N–H and O–H groups in total. The zero-order valence-corrected chi connectivity index (χ0v) is 13.1. The summed E-state index contributed by atoms with van der Waals surface area (Å²) in [4.78, 5) is 14.0. The summed E-state index contributed by atoms with van der Waals surface area (Å²) in [6, 6.07) is 17.3. The molecule has 4 nitrogen and oxygen atoms in total. The number of hydrogen-bond acceptors (Lipinski definition) is 3. The molecule has 2 rings (SSSR count). The molecule has 0 unspecified atom stereocenters. The van der Waals surface area contributed by atoms with E-state index >= 15 is 0 Å². The van der Waals surface area contributed by atoms with Crippen LogP contribution in [0.1, 0.15) is 16.8 Å². The molecule has 0 saturated carbocycles. The number of para-hydroxylation sites is 1. The van der Waals surface area contributed by atoms with Crippen LogP contribution in [0.4, 0.5) is 5.69 Å². The molecule has 2 aromatic rings. The van der Waals surface area contributed by atoms with Crippen LogP contribution in [0.25, 0.3) is 0 Å². The lowest BCUT2D eigenvalue weighted by molar-refractivity contribution is 0.0794. The average molecular weight is 298 g/mol. The Bertz CT molecular complexity index is 582. The van der Waals surface area contributed by atoms with Crippen LogP contribution in [0.5, 0.6) is 5.75 Å². The minimum absolute atomic E-state index is 0.0300. The maximum atomic E-state index is 12.3. The van der Waals surface area contributed by atoms with Crippen molar-refractivity contribution in [2.24, 2.45) is 0 Å². The summed E-state index contributed by atoms with van der Waals surface area (Å²) in [5.74, 6) is 0.786. The Morgan fingerprint density at radius 3 is 2.41 bits per heavy atom. The van der Waals surface area contributed by atoms with Crippen molar-refractivity contribution in [2.75, 3.05) is 32.6 Å². The molecular formula is C18H22N2O2. The molecule has 4 heteroatoms. The van der Waals surface area contributed by atoms with Crippen molar-refractivity contribution in [1.82, 2.24) is 4.90 Å². The second kappa shape index (κ2) is 8.08. The first kappa shape index (κ1) is 15.9. The Kier molecular flexibility index (Phi) is 5.83. The number of carbonyl (C=O) groups excluding carboxylic acids is 1. The quantitative estimate of drug-likeness (QED) is 0.798. The van der Waals surface area contributed by atoms with Crippen molar-refractivity contribution in [3.05, 3.63) is 60.2 Å². The van der Waals surface area contributed by atoms with Gasteiger partial charge in [-0.3, -0.25) is 4.79 Å². The maximum absolute atomic E-state index is 12.3. The fourth-order valence-electron chi connectivity index (χ4n) is 2.16. The number of carbonyl (C=O) groups is 1. The molecule has 0 aliphatic carbocycles. The van der Waals surface area contributed by atoms with Crippen molar-refractivity contribution >= 4 is 11.6 Å². The van der Waals surface area contributed by atoms with Gasteiger partial charge in [-0.2, -0.15) is 0 Å². The number of nitrogens with one attached hydrogen (secondary N) is 1. The number of hydrogen-bond donors (Lipinski definition) is 1. The highest BCUT2D eigenvalue weighted by Gasteiger charge is 2.11. The molecule has 2 aromatic carbocycles. The molecule has 1 amide bonds. The van der Waals surface area contributed by atoms with Gasteiger partial charge < -0.3 is 15.0 Å². The minimum Gasteiger partial charge on any atom is -0.497 e. The third kappa shape index (κ3) is 4.52. The summed E-state index contributed by atoms with van der Waals surface area (Å²) in [5, 5.41) is 3.34. The molecule has 0 aliphatic rings. The Morgan fingerprint density at radius 2 is 1.77 bits per heavy atom. The molecule has 0 aliphatic heterocycles. The molecular weight excluding hydrogens is 276 g/mol. The van der Waals surface area contributed by atoms with Gasteiger partial charge in [-0.05, 0) is 42.8 Å². The van der Waals surface area contributed by atoms with Crippen molar-refractivity contribution in [1.29, 1.82) is 0 Å². The summed E-state index contributed by atoms with van der Waals surface area (Å²) in [6.07, 6.45) is 0.896. The van der Waals surface area contributed by atoms with E-state index in [9.17, 15) is 4.79 Å². The smallest absolute Gasteiger partial charge is 0.253 e. The third-order valence-corrected chi connectivity index (χ3v) is 3.46. The number of nitrogens with zero attached hydrogens (tertiary/aromatic N) is 1. The maximum Gasteiger partial charge on any atom is 0.253 e. The van der Waals surface area contributed by atoms with E-state index in [-0.39, 0.29) is 5.91 Å². The van der Waals surface area contributed by atoms with E-state index in [1.165, 1.54) is 0 Å². The number of ether oxygens (including phenoxy) is 1. The van der Waals surface area contributed by atoms with Crippen molar-refractivity contribution in [3.8, 4) is 5.75 Å². The fraction of sp³-hybridized carbons (Fsp3) is 0.278. The minimum atomic E-state index is 0.0300. The normalized spacial score (nSPS) is 10.1. The van der Waals surface area contributed by atoms with Gasteiger partial charge in [0.2, 0.25) is 0 Å². The predicted octanol–water partition coefficient (Wildman–Crippen LogP) is 3.27. The number of rotatable bonds is 7. The second-order valence-corrected chi connectivity index (χ2v) is 5.10. The summed E-state index contributed by atoms with van der Waals surface area (Å²) < 4.78 is 5.10. The van der Waals surface area contributed by atoms with Gasteiger partial charge in [-0.25, -0.2) is 0 Å². The molecule has 0 aromatic heterocycles. The average Bonchev–Trinajstić information content (AvgIpc) is 2.59. The highest BCUT2D eigenvalue weighted by atomic mass is 16.5. The molecule has 0 spiro atoms. The van der Waals surface area contributed by atoms with Gasteiger partial charge in [0.25, 0.3) is 5.91 Å². The Balaban J connectivity index is 1.76. The van der Waals surface area contributed by atoms with Gasteiger partial charge in [-0.1, -0.05) is 18.2 Å². The monoisotopic (exact) mass is 298 g/mol. The molecule has 0 saturated heterocycles. The standard InChI is InChI=1S/C18H22N2O2/c1-20(14-6-13-19-16-7-4-3-5-8-16)18(21)15-9-11-17(22-2)12-10-15/h3-5,7-12,19H,6,13-14H2,1-2H3. The molecule has 0 atom stereocenters. The van der Waals surface area contributed by atoms with E-state index < -0.39 is 0 Å². The van der Waals surface area contributed by atoms with Crippen LogP contribution in [-0.2, 0) is 0 Å². The molecule has 116 valence electrons. The first-order valence-electron chi connectivity index (χ1n) is 7.39. The fourth-order valence-corrected chi connectivity index (χ4v) is 2.16. The van der Waals surface area contributed by atoms with E-state index in [1.807, 2.05) is 37.4 Å². The van der Waals surface area contributed by atoms with Crippen LogP contribution >= 0.6 is 0 Å². The highest BCUT2D eigenvalue weighted by Crippen LogP contribution is 2.13. The Morgan fingerprint density at radius 1 is 1.09 bits per heavy atom. The van der Waals surface area contributed by atoms with Crippen LogP contribution in [0.3, 0.4) is 0 Å². The van der Waals surface area contributed by atoms with Crippen LogP contribution in [0.2, 0.25) is 0 Å². The van der Waals surface area contributed by atoms with Crippen molar-refractivity contribution in [2.45, 2.75) is 6.42 Å². The molecule has 0 bridgehead atoms. The molecule has 22 heavy (non-hydrogen) atoms. The van der Waals surface area contributed by atoms with Crippen molar-refractivity contribution in [3.63, 3.8) is 0 Å². The number of benzene rings is 2. The van der Waals surface area contributed by atoms with E-state index in [4.69, 9.17) is 4.74 Å². The van der Waals surface area contributed by atoms with E-state index in [2.05, 4.69) is 5.32 Å². The van der Waals surface area contributed by atoms with Gasteiger partial charge in [0.05, 0.1) is 7.11 Å². The van der Waals surface area contributed by atoms with Crippen LogP contribution in [-0.4, -0.2) is 38.1 Å². The van der Waals surface area contributed by atoms with Gasteiger partial charge in [0, 0.05) is 31.4 Å². The topological polar surface area (TPSA) is 41.6 Å². The van der Waals surface area contributed by atoms with Gasteiger partial charge in [0.1, 0.15) is 5.75 Å². The second-order valence-electron chi connectivity index (χ2n) is 5.10. The van der Waals surface area contributed by atoms with Gasteiger partial charge in [0.15, 0.2) is 0 Å². The van der Waals surface area contributed by atoms with Gasteiger partial charge in [-0.15, -0.1) is 0 Å². The SMILES string of the molecule is COc1ccc(C(=O)N(C)CCCNc2ccccc2)cc1. The summed E-state index contributed by atoms with van der Waals surface area (Å²) in [6.45, 7) is 1.55. The highest BCUT2D eigenvalue weighted by molar-refractivity contribution is 5.94. The largest absolute Gasteiger partial charge is 0.497 e. The summed E-state index contributed by atoms with van der Waals surface area (Å²) in [7, 11) is 3.44. The first-order valence-corrected chi connectivity index (χ1v) is 7.39. The summed E-state index contributed by atoms with van der Waals surface area (Å²) in [5.41, 5.74) is 1.78. The van der Waals surface area contributed by atoms with E-state index in [0.29, 0.717) is 12.1 Å². The molecule has 0 heterocycles. The number of methoxy groups -OCH3 is 1. The predicted molar refractivity (Wildman–Crippen MR) is 89.5 cm³/mol. The van der Waals surface area contributed by atoms with E-state index in [1.54, 1.807) is 36.3 Å². The lowest BCUT2D eigenvalue weighted by atomic mass is 10.2. The zero-order chi connectivity index (χ0) is 15.8. The lowest BCUT2D eigenvalue weighted by Crippen LogP contribution is -2.28. The third-order valence-electron chi connectivity index (χ3n) is 3.46. The van der Waals surface area contributed by atoms with Crippen LogP contribution in [0.15, 0.2) is 54.6 Å². The lowest BCUT2D eigenvalue weighted by Gasteiger charge is -2.17. The van der Waals surface area contributed by atoms with Gasteiger partial charge >= 0.3 is 0 Å².